The van der Waals surface area contributed by atoms with Crippen LogP contribution in [0.4, 0.5) is 5.69 Å². The topological polar surface area (TPSA) is 59.8 Å². The third-order valence-corrected chi connectivity index (χ3v) is 5.05. The highest BCUT2D eigenvalue weighted by Crippen LogP contribution is 2.34. The number of fused-ring (bicyclic) bond motifs is 3. The molecular formula is C17H13ClN4OS. The van der Waals surface area contributed by atoms with Crippen LogP contribution in [-0.4, -0.2) is 21.1 Å². The van der Waals surface area contributed by atoms with E-state index in [9.17, 15) is 4.79 Å². The fourth-order valence-corrected chi connectivity index (χ4v) is 3.94. The molecule has 7 heteroatoms. The second-order valence-corrected chi connectivity index (χ2v) is 6.68. The van der Waals surface area contributed by atoms with Gasteiger partial charge in [0.15, 0.2) is 0 Å². The van der Waals surface area contributed by atoms with E-state index < -0.39 is 0 Å². The smallest absolute Gasteiger partial charge is 0.275 e. The fraction of sp³-hybridized carbons (Fsp3) is 0.118. The van der Waals surface area contributed by atoms with Crippen LogP contribution in [0.2, 0.25) is 5.02 Å². The van der Waals surface area contributed by atoms with Crippen LogP contribution in [0.3, 0.4) is 0 Å². The van der Waals surface area contributed by atoms with Gasteiger partial charge in [-0.05, 0) is 31.2 Å². The molecular weight excluding hydrogens is 344 g/mol. The van der Waals surface area contributed by atoms with E-state index in [4.69, 9.17) is 11.6 Å². The molecule has 5 nitrogen and oxygen atoms in total. The van der Waals surface area contributed by atoms with Crippen LogP contribution in [0.25, 0.3) is 26.1 Å². The fourth-order valence-electron chi connectivity index (χ4n) is 2.70. The molecule has 1 aromatic carbocycles. The summed E-state index contributed by atoms with van der Waals surface area (Å²) < 4.78 is 2.10. The molecule has 0 atom stereocenters. The zero-order valence-corrected chi connectivity index (χ0v) is 14.4. The number of nitrogens with zero attached hydrogens (tertiary/aromatic N) is 3. The lowest BCUT2D eigenvalue weighted by Crippen LogP contribution is -2.17. The second kappa shape index (κ2) is 5.89. The summed E-state index contributed by atoms with van der Waals surface area (Å²) in [6.07, 6.45) is 3.29. The van der Waals surface area contributed by atoms with Crippen molar-refractivity contribution < 1.29 is 0 Å². The van der Waals surface area contributed by atoms with Crippen molar-refractivity contribution in [1.29, 1.82) is 0 Å². The number of halogens is 1. The van der Waals surface area contributed by atoms with Gasteiger partial charge in [0.05, 0.1) is 16.6 Å². The van der Waals surface area contributed by atoms with Crippen molar-refractivity contribution in [2.75, 3.05) is 11.9 Å². The first-order chi connectivity index (χ1) is 11.7. The minimum atomic E-state index is -0.118. The molecule has 0 aliphatic carbocycles. The van der Waals surface area contributed by atoms with Gasteiger partial charge in [-0.2, -0.15) is 0 Å². The maximum atomic E-state index is 12.9. The van der Waals surface area contributed by atoms with E-state index in [1.165, 1.54) is 15.9 Å². The first kappa shape index (κ1) is 15.1. The summed E-state index contributed by atoms with van der Waals surface area (Å²) in [6.45, 7) is 2.82. The van der Waals surface area contributed by atoms with Gasteiger partial charge in [0, 0.05) is 23.5 Å². The quantitative estimate of drug-likeness (QED) is 0.601. The van der Waals surface area contributed by atoms with Gasteiger partial charge in [-0.15, -0.1) is 11.3 Å². The molecule has 0 spiro atoms. The summed E-state index contributed by atoms with van der Waals surface area (Å²) in [6, 6.07) is 9.06. The number of hydrogen-bond donors (Lipinski definition) is 1. The van der Waals surface area contributed by atoms with Crippen LogP contribution in [-0.2, 0) is 0 Å². The lowest BCUT2D eigenvalue weighted by atomic mass is 10.2. The molecule has 0 aliphatic heterocycles. The molecule has 4 aromatic rings. The highest BCUT2D eigenvalue weighted by molar-refractivity contribution is 7.25. The molecule has 0 radical (unpaired) electrons. The minimum Gasteiger partial charge on any atom is -0.385 e. The van der Waals surface area contributed by atoms with E-state index in [0.29, 0.717) is 20.9 Å². The molecule has 0 saturated heterocycles. The van der Waals surface area contributed by atoms with Crippen molar-refractivity contribution in [3.05, 3.63) is 58.2 Å². The Morgan fingerprint density at radius 1 is 1.29 bits per heavy atom. The number of rotatable bonds is 3. The molecule has 3 heterocycles. The van der Waals surface area contributed by atoms with Crippen molar-refractivity contribution in [3.63, 3.8) is 0 Å². The van der Waals surface area contributed by atoms with Gasteiger partial charge < -0.3 is 5.32 Å². The third-order valence-electron chi connectivity index (χ3n) is 3.74. The van der Waals surface area contributed by atoms with Gasteiger partial charge in [-0.25, -0.2) is 9.97 Å². The number of hydrogen-bond acceptors (Lipinski definition) is 5. The molecule has 0 saturated carbocycles. The number of thiophene rings is 1. The Balaban J connectivity index is 2.02. The molecule has 24 heavy (non-hydrogen) atoms. The van der Waals surface area contributed by atoms with Gasteiger partial charge in [0.25, 0.3) is 5.56 Å². The molecule has 0 amide bonds. The largest absolute Gasteiger partial charge is 0.385 e. The van der Waals surface area contributed by atoms with Crippen LogP contribution in [0.5, 0.6) is 0 Å². The van der Waals surface area contributed by atoms with Crippen LogP contribution < -0.4 is 10.9 Å². The van der Waals surface area contributed by atoms with E-state index in [1.807, 2.05) is 25.1 Å². The second-order valence-electron chi connectivity index (χ2n) is 5.25. The van der Waals surface area contributed by atoms with Crippen molar-refractivity contribution in [1.82, 2.24) is 14.5 Å². The molecule has 0 fully saturated rings. The van der Waals surface area contributed by atoms with Crippen molar-refractivity contribution >= 4 is 49.1 Å². The lowest BCUT2D eigenvalue weighted by molar-refractivity contribution is 0.968. The molecule has 0 unspecified atom stereocenters. The number of aromatic nitrogens is 3. The monoisotopic (exact) mass is 356 g/mol. The van der Waals surface area contributed by atoms with Crippen molar-refractivity contribution in [2.45, 2.75) is 6.92 Å². The average Bonchev–Trinajstić information content (AvgIpc) is 2.96. The van der Waals surface area contributed by atoms with Crippen LogP contribution >= 0.6 is 22.9 Å². The minimum absolute atomic E-state index is 0.118. The summed E-state index contributed by atoms with van der Waals surface area (Å²) >= 11 is 7.40. The Bertz CT molecular complexity index is 1120. The zero-order chi connectivity index (χ0) is 16.7. The van der Waals surface area contributed by atoms with Crippen molar-refractivity contribution in [2.24, 2.45) is 0 Å². The number of nitrogens with one attached hydrogen (secondary N) is 1. The van der Waals surface area contributed by atoms with E-state index in [-0.39, 0.29) is 5.56 Å². The standard InChI is InChI=1S/C17H13ClN4OS/c1-2-19-12-6-7-20-16-13(12)14-15(24-16)17(23)22(9-21-14)11-5-3-4-10(18)8-11/h3-9H,2H2,1H3,(H,19,20). The Morgan fingerprint density at radius 2 is 2.17 bits per heavy atom. The van der Waals surface area contributed by atoms with E-state index in [2.05, 4.69) is 15.3 Å². The predicted octanol–water partition coefficient (Wildman–Crippen LogP) is 4.08. The number of pyridine rings is 1. The normalized spacial score (nSPS) is 11.2. The number of benzene rings is 1. The van der Waals surface area contributed by atoms with Crippen LogP contribution in [0.1, 0.15) is 6.92 Å². The Morgan fingerprint density at radius 3 is 2.96 bits per heavy atom. The van der Waals surface area contributed by atoms with Crippen molar-refractivity contribution in [3.8, 4) is 5.69 Å². The maximum Gasteiger partial charge on any atom is 0.275 e. The number of anilines is 1. The van der Waals surface area contributed by atoms with Gasteiger partial charge in [0.2, 0.25) is 0 Å². The Labute approximate surface area is 146 Å². The van der Waals surface area contributed by atoms with E-state index in [0.717, 1.165) is 22.4 Å². The summed E-state index contributed by atoms with van der Waals surface area (Å²) in [5.41, 5.74) is 2.20. The van der Waals surface area contributed by atoms with Crippen LogP contribution in [0, 0.1) is 0 Å². The average molecular weight is 357 g/mol. The molecule has 4 rings (SSSR count). The zero-order valence-electron chi connectivity index (χ0n) is 12.8. The van der Waals surface area contributed by atoms with Gasteiger partial charge in [-0.3, -0.25) is 9.36 Å². The van der Waals surface area contributed by atoms with E-state index in [1.54, 1.807) is 24.7 Å². The maximum absolute atomic E-state index is 12.9. The first-order valence-electron chi connectivity index (χ1n) is 7.47. The summed E-state index contributed by atoms with van der Waals surface area (Å²) in [5.74, 6) is 0. The SMILES string of the molecule is CCNc1ccnc2sc3c(=O)n(-c4cccc(Cl)c4)cnc3c12. The molecule has 120 valence electrons. The van der Waals surface area contributed by atoms with Crippen LogP contribution in [0.15, 0.2) is 47.7 Å². The lowest BCUT2D eigenvalue weighted by Gasteiger charge is -2.06. The van der Waals surface area contributed by atoms with Gasteiger partial charge >= 0.3 is 0 Å². The third kappa shape index (κ3) is 2.35. The molecule has 0 bridgehead atoms. The van der Waals surface area contributed by atoms with E-state index >= 15 is 0 Å². The highest BCUT2D eigenvalue weighted by Gasteiger charge is 2.15. The summed E-state index contributed by atoms with van der Waals surface area (Å²) in [5, 5.41) is 4.78. The van der Waals surface area contributed by atoms with Gasteiger partial charge in [-0.1, -0.05) is 17.7 Å². The Kier molecular flexibility index (Phi) is 3.70. The highest BCUT2D eigenvalue weighted by atomic mass is 35.5. The van der Waals surface area contributed by atoms with Gasteiger partial charge in [0.1, 0.15) is 15.9 Å². The molecule has 3 aromatic heterocycles. The predicted molar refractivity (Wildman–Crippen MR) is 99.7 cm³/mol. The molecule has 0 aliphatic rings. The first-order valence-corrected chi connectivity index (χ1v) is 8.67. The summed E-state index contributed by atoms with van der Waals surface area (Å²) in [4.78, 5) is 22.6. The summed E-state index contributed by atoms with van der Waals surface area (Å²) in [7, 11) is 0. The Hall–Kier alpha value is -2.44. The molecule has 1 N–H and O–H groups in total.